The molecule has 1 unspecified atom stereocenters. The molecule has 0 radical (unpaired) electrons. The van der Waals surface area contributed by atoms with Gasteiger partial charge in [0, 0.05) is 5.69 Å². The average Bonchev–Trinajstić information content (AvgIpc) is 2.35. The Labute approximate surface area is 108 Å². The van der Waals surface area contributed by atoms with Gasteiger partial charge in [0.1, 0.15) is 5.92 Å². The highest BCUT2D eigenvalue weighted by atomic mass is 16.2. The van der Waals surface area contributed by atoms with Gasteiger partial charge in [0.2, 0.25) is 11.8 Å². The van der Waals surface area contributed by atoms with Gasteiger partial charge in [0.15, 0.2) is 0 Å². The molecule has 0 saturated heterocycles. The number of nitrogens with one attached hydrogen (secondary N) is 1. The van der Waals surface area contributed by atoms with Gasteiger partial charge in [-0.15, -0.1) is 0 Å². The molecule has 0 aliphatic rings. The van der Waals surface area contributed by atoms with Gasteiger partial charge in [-0.25, -0.2) is 0 Å². The molecular formula is C14H20N2O2. The summed E-state index contributed by atoms with van der Waals surface area (Å²) in [6.45, 7) is 2.07. The summed E-state index contributed by atoms with van der Waals surface area (Å²) >= 11 is 0. The second-order valence-corrected chi connectivity index (χ2v) is 4.31. The van der Waals surface area contributed by atoms with Gasteiger partial charge in [0.25, 0.3) is 0 Å². The van der Waals surface area contributed by atoms with Crippen LogP contribution in [0.5, 0.6) is 0 Å². The Morgan fingerprint density at radius 1 is 1.22 bits per heavy atom. The molecule has 98 valence electrons. The fourth-order valence-corrected chi connectivity index (χ4v) is 1.75. The van der Waals surface area contributed by atoms with E-state index in [9.17, 15) is 9.59 Å². The van der Waals surface area contributed by atoms with Crippen LogP contribution in [0, 0.1) is 5.92 Å². The highest BCUT2D eigenvalue weighted by molar-refractivity contribution is 6.05. The number of benzene rings is 1. The van der Waals surface area contributed by atoms with Gasteiger partial charge in [-0.3, -0.25) is 9.59 Å². The lowest BCUT2D eigenvalue weighted by molar-refractivity contribution is -0.130. The summed E-state index contributed by atoms with van der Waals surface area (Å²) in [5.41, 5.74) is 5.96. The van der Waals surface area contributed by atoms with Crippen LogP contribution in [0.25, 0.3) is 0 Å². The lowest BCUT2D eigenvalue weighted by Crippen LogP contribution is -2.34. The third-order valence-corrected chi connectivity index (χ3v) is 2.80. The van der Waals surface area contributed by atoms with Crippen LogP contribution < -0.4 is 11.1 Å². The minimum atomic E-state index is -0.739. The second kappa shape index (κ2) is 7.48. The molecule has 4 nitrogen and oxygen atoms in total. The van der Waals surface area contributed by atoms with E-state index in [1.807, 2.05) is 18.2 Å². The first-order valence-corrected chi connectivity index (χ1v) is 6.30. The second-order valence-electron chi connectivity index (χ2n) is 4.31. The van der Waals surface area contributed by atoms with E-state index in [1.165, 1.54) is 0 Å². The third-order valence-electron chi connectivity index (χ3n) is 2.80. The maximum absolute atomic E-state index is 11.9. The largest absolute Gasteiger partial charge is 0.369 e. The van der Waals surface area contributed by atoms with E-state index in [4.69, 9.17) is 5.73 Å². The van der Waals surface area contributed by atoms with Crippen molar-refractivity contribution in [2.45, 2.75) is 32.6 Å². The number of amides is 2. The van der Waals surface area contributed by atoms with Crippen LogP contribution >= 0.6 is 0 Å². The fraction of sp³-hybridized carbons (Fsp3) is 0.429. The Hall–Kier alpha value is -1.84. The standard InChI is InChI=1S/C14H20N2O2/c1-2-3-5-10-12(13(15)17)14(18)16-11-8-6-4-7-9-11/h4,6-9,12H,2-3,5,10H2,1H3,(H2,15,17)(H,16,18). The van der Waals surface area contributed by atoms with Crippen LogP contribution in [0.4, 0.5) is 5.69 Å². The number of carbonyl (C=O) groups is 2. The number of hydrogen-bond donors (Lipinski definition) is 2. The quantitative estimate of drug-likeness (QED) is 0.574. The first kappa shape index (κ1) is 14.2. The number of para-hydroxylation sites is 1. The number of primary amides is 1. The molecule has 0 bridgehead atoms. The molecule has 1 aromatic carbocycles. The topological polar surface area (TPSA) is 72.2 Å². The SMILES string of the molecule is CCCCCC(C(N)=O)C(=O)Nc1ccccc1. The van der Waals surface area contributed by atoms with Crippen molar-refractivity contribution in [1.29, 1.82) is 0 Å². The molecule has 1 atom stereocenters. The molecule has 0 aliphatic carbocycles. The van der Waals surface area contributed by atoms with Crippen molar-refractivity contribution >= 4 is 17.5 Å². The normalized spacial score (nSPS) is 11.8. The fourth-order valence-electron chi connectivity index (χ4n) is 1.75. The minimum absolute atomic E-state index is 0.315. The molecule has 2 amide bonds. The number of unbranched alkanes of at least 4 members (excludes halogenated alkanes) is 2. The zero-order chi connectivity index (χ0) is 13.4. The van der Waals surface area contributed by atoms with Crippen LogP contribution in [-0.2, 0) is 9.59 Å². The lowest BCUT2D eigenvalue weighted by atomic mass is 9.99. The smallest absolute Gasteiger partial charge is 0.236 e. The number of hydrogen-bond acceptors (Lipinski definition) is 2. The monoisotopic (exact) mass is 248 g/mol. The Morgan fingerprint density at radius 3 is 2.44 bits per heavy atom. The molecule has 0 heterocycles. The van der Waals surface area contributed by atoms with Crippen molar-refractivity contribution in [3.05, 3.63) is 30.3 Å². The summed E-state index contributed by atoms with van der Waals surface area (Å²) in [7, 11) is 0. The van der Waals surface area contributed by atoms with Crippen LogP contribution in [0.15, 0.2) is 30.3 Å². The first-order chi connectivity index (χ1) is 8.65. The summed E-state index contributed by atoms with van der Waals surface area (Å²) in [5.74, 6) is -1.61. The highest BCUT2D eigenvalue weighted by Crippen LogP contribution is 2.13. The van der Waals surface area contributed by atoms with E-state index in [-0.39, 0.29) is 5.91 Å². The summed E-state index contributed by atoms with van der Waals surface area (Å²) in [4.78, 5) is 23.2. The average molecular weight is 248 g/mol. The number of anilines is 1. The predicted octanol–water partition coefficient (Wildman–Crippen LogP) is 2.31. The molecule has 0 saturated carbocycles. The zero-order valence-corrected chi connectivity index (χ0v) is 10.7. The van der Waals surface area contributed by atoms with Crippen molar-refractivity contribution in [2.24, 2.45) is 11.7 Å². The van der Waals surface area contributed by atoms with Gasteiger partial charge in [0.05, 0.1) is 0 Å². The van der Waals surface area contributed by atoms with E-state index >= 15 is 0 Å². The molecule has 0 aliphatic heterocycles. The van der Waals surface area contributed by atoms with E-state index in [1.54, 1.807) is 12.1 Å². The highest BCUT2D eigenvalue weighted by Gasteiger charge is 2.23. The zero-order valence-electron chi connectivity index (χ0n) is 10.7. The van der Waals surface area contributed by atoms with E-state index in [2.05, 4.69) is 12.2 Å². The third kappa shape index (κ3) is 4.57. The van der Waals surface area contributed by atoms with E-state index in [0.29, 0.717) is 12.1 Å². The molecule has 0 aromatic heterocycles. The lowest BCUT2D eigenvalue weighted by Gasteiger charge is -2.13. The van der Waals surface area contributed by atoms with Gasteiger partial charge < -0.3 is 11.1 Å². The predicted molar refractivity (Wildman–Crippen MR) is 71.9 cm³/mol. The summed E-state index contributed by atoms with van der Waals surface area (Å²) in [6.07, 6.45) is 3.41. The molecule has 0 spiro atoms. The molecule has 0 fully saturated rings. The van der Waals surface area contributed by atoms with Crippen LogP contribution in [-0.4, -0.2) is 11.8 Å². The van der Waals surface area contributed by atoms with Crippen molar-refractivity contribution in [1.82, 2.24) is 0 Å². The first-order valence-electron chi connectivity index (χ1n) is 6.30. The van der Waals surface area contributed by atoms with Crippen molar-refractivity contribution in [3.8, 4) is 0 Å². The molecule has 4 heteroatoms. The van der Waals surface area contributed by atoms with Crippen molar-refractivity contribution < 1.29 is 9.59 Å². The number of carbonyl (C=O) groups excluding carboxylic acids is 2. The molecule has 1 rings (SSSR count). The minimum Gasteiger partial charge on any atom is -0.369 e. The Balaban J connectivity index is 2.57. The summed E-state index contributed by atoms with van der Waals surface area (Å²) in [5, 5.41) is 2.71. The summed E-state index contributed by atoms with van der Waals surface area (Å²) < 4.78 is 0. The maximum atomic E-state index is 11.9. The van der Waals surface area contributed by atoms with E-state index in [0.717, 1.165) is 19.3 Å². The number of rotatable bonds is 7. The maximum Gasteiger partial charge on any atom is 0.236 e. The van der Waals surface area contributed by atoms with Crippen LogP contribution in [0.3, 0.4) is 0 Å². The van der Waals surface area contributed by atoms with Gasteiger partial charge in [-0.05, 0) is 18.6 Å². The van der Waals surface area contributed by atoms with Gasteiger partial charge in [-0.1, -0.05) is 44.4 Å². The van der Waals surface area contributed by atoms with E-state index < -0.39 is 11.8 Å². The van der Waals surface area contributed by atoms with Gasteiger partial charge >= 0.3 is 0 Å². The Morgan fingerprint density at radius 2 is 1.89 bits per heavy atom. The van der Waals surface area contributed by atoms with Crippen molar-refractivity contribution in [2.75, 3.05) is 5.32 Å². The molecular weight excluding hydrogens is 228 g/mol. The van der Waals surface area contributed by atoms with Gasteiger partial charge in [-0.2, -0.15) is 0 Å². The molecule has 3 N–H and O–H groups in total. The van der Waals surface area contributed by atoms with Crippen LogP contribution in [0.2, 0.25) is 0 Å². The van der Waals surface area contributed by atoms with Crippen LogP contribution in [0.1, 0.15) is 32.6 Å². The molecule has 18 heavy (non-hydrogen) atoms. The van der Waals surface area contributed by atoms with Crippen molar-refractivity contribution in [3.63, 3.8) is 0 Å². The number of nitrogens with two attached hydrogens (primary N) is 1. The Bertz CT molecular complexity index is 390. The Kier molecular flexibility index (Phi) is 5.91. The molecule has 1 aromatic rings. The summed E-state index contributed by atoms with van der Waals surface area (Å²) in [6, 6.07) is 9.07.